The molecule has 42 heavy (non-hydrogen) atoms. The molecule has 11 nitrogen and oxygen atoms in total. The van der Waals surface area contributed by atoms with Crippen molar-refractivity contribution in [3.05, 3.63) is 36.0 Å². The van der Waals surface area contributed by atoms with Crippen LogP contribution in [0, 0.1) is 12.7 Å². The van der Waals surface area contributed by atoms with Gasteiger partial charge < -0.3 is 20.3 Å². The standard InChI is InChI=1S/C30H45FN10O/c1-19(2)40-13-11-23(12-14-40)42-26-10-9-21(15-25(26)41-20(3)36-37-38-41)34-28-32-18-24(31)27(35-28)33-22-16-29(4,5)39(8)30(6,7)17-22/h9-10,15,18-19,22-23H,11-14,16-17H2,1-8H3,(H2,32,33,34,35). The summed E-state index contributed by atoms with van der Waals surface area (Å²) in [6.45, 7) is 17.2. The molecule has 12 heteroatoms. The molecular formula is C30H45FN10O. The Morgan fingerprint density at radius 1 is 1.07 bits per heavy atom. The van der Waals surface area contributed by atoms with Gasteiger partial charge in [0.15, 0.2) is 17.5 Å². The predicted octanol–water partition coefficient (Wildman–Crippen LogP) is 4.96. The van der Waals surface area contributed by atoms with Crippen molar-refractivity contribution < 1.29 is 9.13 Å². The first-order valence-corrected chi connectivity index (χ1v) is 14.9. The number of tetrazole rings is 1. The Labute approximate surface area is 248 Å². The Hall–Kier alpha value is -3.38. The maximum Gasteiger partial charge on any atom is 0.229 e. The van der Waals surface area contributed by atoms with Crippen molar-refractivity contribution in [2.24, 2.45) is 0 Å². The maximum atomic E-state index is 14.9. The number of rotatable bonds is 8. The van der Waals surface area contributed by atoms with Gasteiger partial charge in [-0.3, -0.25) is 4.90 Å². The molecule has 0 saturated carbocycles. The molecule has 228 valence electrons. The Morgan fingerprint density at radius 2 is 1.76 bits per heavy atom. The van der Waals surface area contributed by atoms with Gasteiger partial charge in [-0.25, -0.2) is 9.37 Å². The van der Waals surface area contributed by atoms with E-state index in [1.807, 2.05) is 25.1 Å². The zero-order valence-electron chi connectivity index (χ0n) is 26.1. The van der Waals surface area contributed by atoms with Gasteiger partial charge in [-0.2, -0.15) is 9.67 Å². The van der Waals surface area contributed by atoms with E-state index in [9.17, 15) is 4.39 Å². The summed E-state index contributed by atoms with van der Waals surface area (Å²) in [4.78, 5) is 13.6. The van der Waals surface area contributed by atoms with Crippen molar-refractivity contribution in [1.29, 1.82) is 0 Å². The molecule has 2 aliphatic rings. The topological polar surface area (TPSA) is 109 Å². The number of piperidine rings is 2. The highest BCUT2D eigenvalue weighted by Gasteiger charge is 2.43. The summed E-state index contributed by atoms with van der Waals surface area (Å²) in [7, 11) is 2.15. The molecule has 0 radical (unpaired) electrons. The third kappa shape index (κ3) is 6.49. The number of benzene rings is 1. The summed E-state index contributed by atoms with van der Waals surface area (Å²) < 4.78 is 23.0. The highest BCUT2D eigenvalue weighted by atomic mass is 19.1. The molecule has 2 N–H and O–H groups in total. The summed E-state index contributed by atoms with van der Waals surface area (Å²) in [6, 6.07) is 6.33. The molecule has 2 aliphatic heterocycles. The van der Waals surface area contributed by atoms with Crippen LogP contribution >= 0.6 is 0 Å². The lowest BCUT2D eigenvalue weighted by Gasteiger charge is -2.53. The number of aryl methyl sites for hydroxylation is 1. The fraction of sp³-hybridized carbons (Fsp3) is 0.633. The van der Waals surface area contributed by atoms with Gasteiger partial charge in [-0.1, -0.05) is 0 Å². The molecule has 2 saturated heterocycles. The highest BCUT2D eigenvalue weighted by Crippen LogP contribution is 2.38. The molecular weight excluding hydrogens is 535 g/mol. The number of nitrogens with one attached hydrogen (secondary N) is 2. The first-order valence-electron chi connectivity index (χ1n) is 14.9. The predicted molar refractivity (Wildman–Crippen MR) is 162 cm³/mol. The Balaban J connectivity index is 1.35. The lowest BCUT2D eigenvalue weighted by Crippen LogP contribution is -2.61. The molecule has 4 heterocycles. The summed E-state index contributed by atoms with van der Waals surface area (Å²) in [5.74, 6) is 1.35. The fourth-order valence-electron chi connectivity index (χ4n) is 6.33. The minimum Gasteiger partial charge on any atom is -0.488 e. The summed E-state index contributed by atoms with van der Waals surface area (Å²) >= 11 is 0. The summed E-state index contributed by atoms with van der Waals surface area (Å²) in [6.07, 6.45) is 4.96. The van der Waals surface area contributed by atoms with Crippen LogP contribution < -0.4 is 15.4 Å². The lowest BCUT2D eigenvalue weighted by atomic mass is 9.77. The summed E-state index contributed by atoms with van der Waals surface area (Å²) in [5, 5.41) is 18.7. The van der Waals surface area contributed by atoms with Gasteiger partial charge in [0.2, 0.25) is 5.95 Å². The number of anilines is 3. The molecule has 0 atom stereocenters. The van der Waals surface area contributed by atoms with Crippen molar-refractivity contribution in [2.45, 2.75) is 103 Å². The molecule has 2 aromatic heterocycles. The van der Waals surface area contributed by atoms with Crippen LogP contribution in [0.3, 0.4) is 0 Å². The number of ether oxygens (including phenoxy) is 1. The summed E-state index contributed by atoms with van der Waals surface area (Å²) in [5.41, 5.74) is 1.35. The molecule has 0 spiro atoms. The van der Waals surface area contributed by atoms with Crippen LogP contribution in [0.1, 0.15) is 73.1 Å². The largest absolute Gasteiger partial charge is 0.488 e. The molecule has 5 rings (SSSR count). The minimum atomic E-state index is -0.479. The quantitative estimate of drug-likeness (QED) is 0.380. The molecule has 1 aromatic carbocycles. The van der Waals surface area contributed by atoms with Crippen LogP contribution in [0.4, 0.5) is 21.8 Å². The molecule has 3 aromatic rings. The second kappa shape index (κ2) is 11.7. The third-order valence-electron chi connectivity index (χ3n) is 8.96. The van der Waals surface area contributed by atoms with E-state index in [0.29, 0.717) is 34.9 Å². The van der Waals surface area contributed by atoms with Gasteiger partial charge >= 0.3 is 0 Å². The molecule has 0 bridgehead atoms. The molecule has 0 unspecified atom stereocenters. The van der Waals surface area contributed by atoms with Crippen LogP contribution in [-0.4, -0.2) is 89.4 Å². The van der Waals surface area contributed by atoms with Crippen LogP contribution in [0.25, 0.3) is 5.69 Å². The van der Waals surface area contributed by atoms with Crippen molar-refractivity contribution in [3.8, 4) is 11.4 Å². The Morgan fingerprint density at radius 3 is 2.38 bits per heavy atom. The van der Waals surface area contributed by atoms with Crippen LogP contribution in [0.2, 0.25) is 0 Å². The Bertz CT molecular complexity index is 1360. The van der Waals surface area contributed by atoms with Gasteiger partial charge in [0, 0.05) is 41.9 Å². The van der Waals surface area contributed by atoms with Gasteiger partial charge in [0.05, 0.1) is 6.20 Å². The molecule has 0 aliphatic carbocycles. The number of hydrogen-bond acceptors (Lipinski definition) is 10. The van der Waals surface area contributed by atoms with E-state index in [1.54, 1.807) is 4.68 Å². The normalized spacial score (nSPS) is 20.1. The van der Waals surface area contributed by atoms with Crippen LogP contribution in [-0.2, 0) is 0 Å². The fourth-order valence-corrected chi connectivity index (χ4v) is 6.33. The first kappa shape index (κ1) is 30.1. The first-order chi connectivity index (χ1) is 19.8. The lowest BCUT2D eigenvalue weighted by molar-refractivity contribution is -0.00778. The van der Waals surface area contributed by atoms with E-state index in [-0.39, 0.29) is 29.0 Å². The highest BCUT2D eigenvalue weighted by molar-refractivity contribution is 5.63. The average Bonchev–Trinajstić information content (AvgIpc) is 3.35. The second-order valence-corrected chi connectivity index (χ2v) is 13.2. The van der Waals surface area contributed by atoms with E-state index in [2.05, 4.69) is 94.5 Å². The Kier molecular flexibility index (Phi) is 8.39. The zero-order chi connectivity index (χ0) is 30.2. The van der Waals surface area contributed by atoms with E-state index in [0.717, 1.165) is 38.8 Å². The maximum absolute atomic E-state index is 14.9. The number of hydrogen-bond donors (Lipinski definition) is 2. The SMILES string of the molecule is Cc1nnnn1-c1cc(Nc2ncc(F)c(NC3CC(C)(C)N(C)C(C)(C)C3)n2)ccc1OC1CCN(C(C)C)CC1. The van der Waals surface area contributed by atoms with E-state index in [4.69, 9.17) is 4.74 Å². The number of likely N-dealkylation sites (tertiary alicyclic amines) is 2. The van der Waals surface area contributed by atoms with Crippen molar-refractivity contribution >= 4 is 17.5 Å². The van der Waals surface area contributed by atoms with Crippen molar-refractivity contribution in [2.75, 3.05) is 30.8 Å². The molecule has 2 fully saturated rings. The third-order valence-corrected chi connectivity index (χ3v) is 8.96. The molecule has 0 amide bonds. The van der Waals surface area contributed by atoms with Crippen LogP contribution in [0.5, 0.6) is 5.75 Å². The van der Waals surface area contributed by atoms with E-state index < -0.39 is 5.82 Å². The second-order valence-electron chi connectivity index (χ2n) is 13.2. The van der Waals surface area contributed by atoms with Gasteiger partial charge in [-0.05, 0) is 110 Å². The van der Waals surface area contributed by atoms with Gasteiger partial charge in [-0.15, -0.1) is 5.10 Å². The number of halogens is 1. The van der Waals surface area contributed by atoms with Gasteiger partial charge in [0.25, 0.3) is 0 Å². The van der Waals surface area contributed by atoms with Gasteiger partial charge in [0.1, 0.15) is 17.5 Å². The smallest absolute Gasteiger partial charge is 0.229 e. The minimum absolute atomic E-state index is 0.0377. The number of aromatic nitrogens is 6. The monoisotopic (exact) mass is 580 g/mol. The van der Waals surface area contributed by atoms with E-state index in [1.165, 1.54) is 6.20 Å². The van der Waals surface area contributed by atoms with Crippen molar-refractivity contribution in [1.82, 2.24) is 40.0 Å². The van der Waals surface area contributed by atoms with Crippen LogP contribution in [0.15, 0.2) is 24.4 Å². The number of nitrogens with zero attached hydrogens (tertiary/aromatic N) is 8. The van der Waals surface area contributed by atoms with E-state index >= 15 is 0 Å². The average molecular weight is 581 g/mol. The zero-order valence-corrected chi connectivity index (χ0v) is 26.1. The van der Waals surface area contributed by atoms with Crippen molar-refractivity contribution in [3.63, 3.8) is 0 Å².